The third-order valence-electron chi connectivity index (χ3n) is 4.68. The largest absolute Gasteiger partial charge is 0.396 e. The highest BCUT2D eigenvalue weighted by molar-refractivity contribution is 5.41. The number of hydrogen-bond donors (Lipinski definition) is 1. The highest BCUT2D eigenvalue weighted by Gasteiger charge is 2.61. The molecule has 2 heterocycles. The van der Waals surface area contributed by atoms with Gasteiger partial charge in [-0.1, -0.05) is 23.8 Å². The van der Waals surface area contributed by atoms with Crippen LogP contribution in [0.1, 0.15) is 16.7 Å². The van der Waals surface area contributed by atoms with Crippen LogP contribution in [0.2, 0.25) is 0 Å². The molecule has 0 bridgehead atoms. The lowest BCUT2D eigenvalue weighted by molar-refractivity contribution is -0.242. The summed E-state index contributed by atoms with van der Waals surface area (Å²) in [4.78, 5) is 0. The Hall–Kier alpha value is -0.900. The van der Waals surface area contributed by atoms with Gasteiger partial charge in [-0.05, 0) is 25.0 Å². The van der Waals surface area contributed by atoms with E-state index < -0.39 is 0 Å². The van der Waals surface area contributed by atoms with Crippen molar-refractivity contribution in [2.75, 3.05) is 33.0 Å². The molecule has 2 fully saturated rings. The van der Waals surface area contributed by atoms with Crippen molar-refractivity contribution in [2.45, 2.75) is 19.3 Å². The molecule has 2 aliphatic rings. The Kier molecular flexibility index (Phi) is 2.73. The van der Waals surface area contributed by atoms with Crippen LogP contribution >= 0.6 is 0 Å². The summed E-state index contributed by atoms with van der Waals surface area (Å²) in [6, 6.07) is 6.54. The number of aryl methyl sites for hydroxylation is 2. The summed E-state index contributed by atoms with van der Waals surface area (Å²) < 4.78 is 10.9. The molecular formula is C15H20O3. The minimum Gasteiger partial charge on any atom is -0.396 e. The van der Waals surface area contributed by atoms with Gasteiger partial charge in [0, 0.05) is 0 Å². The molecule has 3 nitrogen and oxygen atoms in total. The van der Waals surface area contributed by atoms with Crippen LogP contribution in [0, 0.1) is 19.3 Å². The van der Waals surface area contributed by atoms with E-state index in [9.17, 15) is 5.11 Å². The summed E-state index contributed by atoms with van der Waals surface area (Å²) >= 11 is 0. The first-order valence-corrected chi connectivity index (χ1v) is 6.48. The molecule has 0 atom stereocenters. The zero-order valence-electron chi connectivity index (χ0n) is 11.0. The molecule has 2 saturated heterocycles. The molecule has 2 aliphatic heterocycles. The summed E-state index contributed by atoms with van der Waals surface area (Å²) in [6.45, 7) is 7.09. The van der Waals surface area contributed by atoms with Crippen LogP contribution in [-0.4, -0.2) is 38.1 Å². The van der Waals surface area contributed by atoms with Crippen molar-refractivity contribution in [2.24, 2.45) is 5.41 Å². The summed E-state index contributed by atoms with van der Waals surface area (Å²) in [5.74, 6) is 0. The van der Waals surface area contributed by atoms with Gasteiger partial charge in [-0.2, -0.15) is 0 Å². The molecule has 0 radical (unpaired) electrons. The third-order valence-corrected chi connectivity index (χ3v) is 4.68. The van der Waals surface area contributed by atoms with Crippen LogP contribution in [0.3, 0.4) is 0 Å². The predicted molar refractivity (Wildman–Crippen MR) is 68.8 cm³/mol. The van der Waals surface area contributed by atoms with Gasteiger partial charge in [0.2, 0.25) is 0 Å². The first-order chi connectivity index (χ1) is 8.63. The highest BCUT2D eigenvalue weighted by atomic mass is 16.5. The summed E-state index contributed by atoms with van der Waals surface area (Å²) in [7, 11) is 0. The maximum Gasteiger partial charge on any atom is 0.0593 e. The topological polar surface area (TPSA) is 38.7 Å². The molecular weight excluding hydrogens is 228 g/mol. The molecule has 0 saturated carbocycles. The average molecular weight is 248 g/mol. The van der Waals surface area contributed by atoms with E-state index in [0.29, 0.717) is 26.4 Å². The minimum absolute atomic E-state index is 0.0594. The number of aliphatic hydroxyl groups excluding tert-OH is 1. The molecule has 3 rings (SSSR count). The molecule has 3 heteroatoms. The number of aliphatic hydroxyl groups is 1. The first kappa shape index (κ1) is 12.2. The highest BCUT2D eigenvalue weighted by Crippen LogP contribution is 2.52. The third kappa shape index (κ3) is 1.41. The van der Waals surface area contributed by atoms with Crippen molar-refractivity contribution >= 4 is 0 Å². The van der Waals surface area contributed by atoms with Gasteiger partial charge < -0.3 is 14.6 Å². The van der Waals surface area contributed by atoms with Gasteiger partial charge >= 0.3 is 0 Å². The van der Waals surface area contributed by atoms with E-state index in [1.54, 1.807) is 0 Å². The fourth-order valence-electron chi connectivity index (χ4n) is 3.17. The van der Waals surface area contributed by atoms with Crippen LogP contribution in [0.5, 0.6) is 0 Å². The monoisotopic (exact) mass is 248 g/mol. The van der Waals surface area contributed by atoms with Gasteiger partial charge in [-0.25, -0.2) is 0 Å². The van der Waals surface area contributed by atoms with Crippen molar-refractivity contribution in [3.63, 3.8) is 0 Å². The Morgan fingerprint density at radius 3 is 2.22 bits per heavy atom. The molecule has 0 aromatic heterocycles. The van der Waals surface area contributed by atoms with E-state index in [1.807, 2.05) is 0 Å². The van der Waals surface area contributed by atoms with E-state index >= 15 is 0 Å². The van der Waals surface area contributed by atoms with E-state index in [0.717, 1.165) is 0 Å². The second kappa shape index (κ2) is 4.05. The summed E-state index contributed by atoms with van der Waals surface area (Å²) in [5, 5.41) is 9.82. The number of rotatable bonds is 3. The van der Waals surface area contributed by atoms with Crippen molar-refractivity contribution in [3.8, 4) is 0 Å². The van der Waals surface area contributed by atoms with Crippen molar-refractivity contribution < 1.29 is 14.6 Å². The lowest BCUT2D eigenvalue weighted by atomic mass is 9.57. The Bertz CT molecular complexity index is 453. The molecule has 0 spiro atoms. The van der Waals surface area contributed by atoms with Crippen molar-refractivity contribution in [1.29, 1.82) is 0 Å². The fraction of sp³-hybridized carbons (Fsp3) is 0.600. The lowest BCUT2D eigenvalue weighted by Gasteiger charge is -2.59. The van der Waals surface area contributed by atoms with E-state index in [2.05, 4.69) is 32.0 Å². The standard InChI is InChI=1S/C15H20O3/c1-11-3-4-12(2)13(5-11)15(9-18-10-15)14(6-16)7-17-8-14/h3-5,16H,6-10H2,1-2H3. The van der Waals surface area contributed by atoms with Crippen molar-refractivity contribution in [3.05, 3.63) is 34.9 Å². The zero-order valence-corrected chi connectivity index (χ0v) is 11.0. The lowest BCUT2D eigenvalue weighted by Crippen LogP contribution is -2.68. The molecule has 1 N–H and O–H groups in total. The molecule has 0 amide bonds. The Balaban J connectivity index is 2.08. The van der Waals surface area contributed by atoms with Crippen LogP contribution in [0.4, 0.5) is 0 Å². The molecule has 0 unspecified atom stereocenters. The van der Waals surface area contributed by atoms with Crippen LogP contribution < -0.4 is 0 Å². The van der Waals surface area contributed by atoms with Gasteiger partial charge in [0.1, 0.15) is 0 Å². The van der Waals surface area contributed by atoms with Crippen LogP contribution in [0.15, 0.2) is 18.2 Å². The molecule has 18 heavy (non-hydrogen) atoms. The van der Waals surface area contributed by atoms with Gasteiger partial charge in [0.05, 0.1) is 43.9 Å². The second-order valence-corrected chi connectivity index (χ2v) is 5.82. The number of ether oxygens (including phenoxy) is 2. The molecule has 0 aliphatic carbocycles. The summed E-state index contributed by atoms with van der Waals surface area (Å²) in [6.07, 6.45) is 0. The number of benzene rings is 1. The quantitative estimate of drug-likeness (QED) is 0.882. The Morgan fingerprint density at radius 1 is 1.11 bits per heavy atom. The first-order valence-electron chi connectivity index (χ1n) is 6.48. The van der Waals surface area contributed by atoms with Gasteiger partial charge in [-0.15, -0.1) is 0 Å². The maximum absolute atomic E-state index is 9.82. The fourth-order valence-corrected chi connectivity index (χ4v) is 3.17. The second-order valence-electron chi connectivity index (χ2n) is 5.82. The smallest absolute Gasteiger partial charge is 0.0593 e. The van der Waals surface area contributed by atoms with Gasteiger partial charge in [-0.3, -0.25) is 0 Å². The van der Waals surface area contributed by atoms with E-state index in [1.165, 1.54) is 16.7 Å². The molecule has 1 aromatic rings. The average Bonchev–Trinajstić information content (AvgIpc) is 2.25. The Labute approximate surface area is 108 Å². The normalized spacial score (nSPS) is 24.2. The van der Waals surface area contributed by atoms with Crippen molar-refractivity contribution in [1.82, 2.24) is 0 Å². The van der Waals surface area contributed by atoms with Crippen LogP contribution in [0.25, 0.3) is 0 Å². The van der Waals surface area contributed by atoms with Gasteiger partial charge in [0.25, 0.3) is 0 Å². The van der Waals surface area contributed by atoms with E-state index in [-0.39, 0.29) is 17.4 Å². The zero-order chi connectivity index (χ0) is 12.8. The van der Waals surface area contributed by atoms with E-state index in [4.69, 9.17) is 9.47 Å². The Morgan fingerprint density at radius 2 is 1.78 bits per heavy atom. The minimum atomic E-state index is -0.149. The van der Waals surface area contributed by atoms with Crippen LogP contribution in [-0.2, 0) is 14.9 Å². The number of hydrogen-bond acceptors (Lipinski definition) is 3. The molecule has 1 aromatic carbocycles. The maximum atomic E-state index is 9.82. The van der Waals surface area contributed by atoms with Gasteiger partial charge in [0.15, 0.2) is 0 Å². The molecule has 98 valence electrons. The predicted octanol–water partition coefficient (Wildman–Crippen LogP) is 1.58. The summed E-state index contributed by atoms with van der Waals surface area (Å²) in [5.41, 5.74) is 3.66. The SMILES string of the molecule is Cc1ccc(C)c(C2(C3(CO)COC3)COC2)c1.